The first-order valence-electron chi connectivity index (χ1n) is 7.41. The normalized spacial score (nSPS) is 19.6. The Hall–Kier alpha value is -1.62. The fourth-order valence-electron chi connectivity index (χ4n) is 2.55. The Balaban J connectivity index is 2.06. The van der Waals surface area contributed by atoms with Gasteiger partial charge in [0, 0.05) is 19.3 Å². The number of likely N-dealkylation sites (tertiary alicyclic amines) is 1. The third-order valence-corrected chi connectivity index (χ3v) is 3.69. The van der Waals surface area contributed by atoms with E-state index >= 15 is 0 Å². The van der Waals surface area contributed by atoms with Crippen molar-refractivity contribution < 1.29 is 9.53 Å². The summed E-state index contributed by atoms with van der Waals surface area (Å²) in [5, 5.41) is 0. The molecule has 5 heteroatoms. The zero-order valence-corrected chi connectivity index (χ0v) is 13.6. The molecule has 0 N–H and O–H groups in total. The highest BCUT2D eigenvalue weighted by Crippen LogP contribution is 2.30. The van der Waals surface area contributed by atoms with Gasteiger partial charge in [0.15, 0.2) is 0 Å². The van der Waals surface area contributed by atoms with E-state index in [1.165, 1.54) is 23.3 Å². The molecule has 116 valence electrons. The summed E-state index contributed by atoms with van der Waals surface area (Å²) in [5.41, 5.74) is 0.703. The maximum atomic E-state index is 12.0. The molecule has 1 atom stereocenters. The van der Waals surface area contributed by atoms with Gasteiger partial charge in [0.25, 0.3) is 0 Å². The molecule has 2 heterocycles. The van der Waals surface area contributed by atoms with E-state index in [2.05, 4.69) is 23.0 Å². The first kappa shape index (κ1) is 15.8. The second kappa shape index (κ2) is 6.02. The summed E-state index contributed by atoms with van der Waals surface area (Å²) < 4.78 is 5.34. The molecule has 1 aliphatic heterocycles. The summed E-state index contributed by atoms with van der Waals surface area (Å²) in [4.78, 5) is 20.2. The molecule has 21 heavy (non-hydrogen) atoms. The highest BCUT2D eigenvalue weighted by molar-refractivity contribution is 5.85. The highest BCUT2D eigenvalue weighted by atomic mass is 16.6. The lowest BCUT2D eigenvalue weighted by atomic mass is 10.1. The first-order chi connectivity index (χ1) is 9.78. The average Bonchev–Trinajstić information content (AvgIpc) is 2.82. The summed E-state index contributed by atoms with van der Waals surface area (Å²) >= 11 is 0. The van der Waals surface area contributed by atoms with Crippen molar-refractivity contribution in [3.8, 4) is 0 Å². The molecule has 0 saturated carbocycles. The summed E-state index contributed by atoms with van der Waals surface area (Å²) in [6.07, 6.45) is 3.86. The van der Waals surface area contributed by atoms with Crippen LogP contribution in [0.3, 0.4) is 0 Å². The van der Waals surface area contributed by atoms with Gasteiger partial charge in [-0.3, -0.25) is 9.80 Å². The molecule has 0 unspecified atom stereocenters. The Morgan fingerprint density at radius 1 is 1.43 bits per heavy atom. The molecule has 0 spiro atoms. The van der Waals surface area contributed by atoms with Gasteiger partial charge < -0.3 is 4.74 Å². The van der Waals surface area contributed by atoms with E-state index in [1.54, 1.807) is 7.05 Å². The Morgan fingerprint density at radius 2 is 2.14 bits per heavy atom. The first-order valence-corrected chi connectivity index (χ1v) is 7.41. The van der Waals surface area contributed by atoms with Gasteiger partial charge in [-0.25, -0.2) is 9.78 Å². The van der Waals surface area contributed by atoms with Gasteiger partial charge in [0.05, 0.1) is 0 Å². The number of pyridine rings is 1. The van der Waals surface area contributed by atoms with Crippen LogP contribution >= 0.6 is 0 Å². The maximum absolute atomic E-state index is 12.0. The van der Waals surface area contributed by atoms with E-state index in [0.29, 0.717) is 11.9 Å². The number of aromatic nitrogens is 1. The number of nitrogens with zero attached hydrogens (tertiary/aromatic N) is 3. The molecule has 0 aromatic carbocycles. The van der Waals surface area contributed by atoms with Crippen molar-refractivity contribution in [3.05, 3.63) is 23.9 Å². The zero-order valence-electron chi connectivity index (χ0n) is 13.6. The predicted molar refractivity (Wildman–Crippen MR) is 83.5 cm³/mol. The number of hydrogen-bond donors (Lipinski definition) is 0. The average molecular weight is 291 g/mol. The van der Waals surface area contributed by atoms with Crippen molar-refractivity contribution >= 4 is 11.9 Å². The standard InChI is InChI=1S/C16H25N3O2/c1-16(2,3)21-15(20)19(5)14-9-8-12(11-17-14)13-7-6-10-18(13)4/h8-9,11,13H,6-7,10H2,1-5H3/t13-/m0/s1. The zero-order chi connectivity index (χ0) is 15.6. The molecule has 1 amide bonds. The van der Waals surface area contributed by atoms with Gasteiger partial charge >= 0.3 is 6.09 Å². The molecule has 5 nitrogen and oxygen atoms in total. The van der Waals surface area contributed by atoms with Gasteiger partial charge in [0.1, 0.15) is 11.4 Å². The SMILES string of the molecule is CN(C(=O)OC(C)(C)C)c1ccc([C@@H]2CCCN2C)cn1. The Labute approximate surface area is 126 Å². The molecule has 0 bridgehead atoms. The second-order valence-corrected chi connectivity index (χ2v) is 6.63. The third kappa shape index (κ3) is 3.94. The lowest BCUT2D eigenvalue weighted by Crippen LogP contribution is -2.34. The molecule has 0 aliphatic carbocycles. The van der Waals surface area contributed by atoms with Gasteiger partial charge in [-0.1, -0.05) is 6.07 Å². The van der Waals surface area contributed by atoms with Crippen molar-refractivity contribution in [2.75, 3.05) is 25.5 Å². The molecule has 2 rings (SSSR count). The molecule has 0 radical (unpaired) electrons. The fourth-order valence-corrected chi connectivity index (χ4v) is 2.55. The predicted octanol–water partition coefficient (Wildman–Crippen LogP) is 3.22. The second-order valence-electron chi connectivity index (χ2n) is 6.63. The number of carbonyl (C=O) groups is 1. The Kier molecular flexibility index (Phi) is 4.52. The largest absolute Gasteiger partial charge is 0.443 e. The third-order valence-electron chi connectivity index (χ3n) is 3.69. The Morgan fingerprint density at radius 3 is 2.62 bits per heavy atom. The molecular weight excluding hydrogens is 266 g/mol. The molecule has 1 saturated heterocycles. The number of ether oxygens (including phenoxy) is 1. The van der Waals surface area contributed by atoms with E-state index in [1.807, 2.05) is 33.0 Å². The van der Waals surface area contributed by atoms with Crippen LogP contribution < -0.4 is 4.90 Å². The molecule has 1 aromatic heterocycles. The highest BCUT2D eigenvalue weighted by Gasteiger charge is 2.24. The topological polar surface area (TPSA) is 45.7 Å². The molecular formula is C16H25N3O2. The van der Waals surface area contributed by atoms with Gasteiger partial charge in [0.2, 0.25) is 0 Å². The van der Waals surface area contributed by atoms with Gasteiger partial charge in [-0.05, 0) is 58.8 Å². The number of rotatable bonds is 2. The summed E-state index contributed by atoms with van der Waals surface area (Å²) in [6, 6.07) is 4.37. The van der Waals surface area contributed by atoms with Crippen molar-refractivity contribution in [1.29, 1.82) is 0 Å². The molecule has 1 aliphatic rings. The van der Waals surface area contributed by atoms with Crippen molar-refractivity contribution in [1.82, 2.24) is 9.88 Å². The van der Waals surface area contributed by atoms with Crippen molar-refractivity contribution in [2.45, 2.75) is 45.3 Å². The lowest BCUT2D eigenvalue weighted by molar-refractivity contribution is 0.0588. The molecule has 1 aromatic rings. The van der Waals surface area contributed by atoms with Crippen molar-refractivity contribution in [2.24, 2.45) is 0 Å². The summed E-state index contributed by atoms with van der Waals surface area (Å²) in [5.74, 6) is 0.605. The maximum Gasteiger partial charge on any atom is 0.415 e. The minimum atomic E-state index is -0.502. The lowest BCUT2D eigenvalue weighted by Gasteiger charge is -2.24. The van der Waals surface area contributed by atoms with Crippen LogP contribution in [-0.2, 0) is 4.74 Å². The van der Waals surface area contributed by atoms with E-state index in [0.717, 1.165) is 6.54 Å². The summed E-state index contributed by atoms with van der Waals surface area (Å²) in [6.45, 7) is 6.69. The van der Waals surface area contributed by atoms with Crippen LogP contribution in [0.4, 0.5) is 10.6 Å². The number of amides is 1. The quantitative estimate of drug-likeness (QED) is 0.839. The van der Waals surface area contributed by atoms with Crippen molar-refractivity contribution in [3.63, 3.8) is 0 Å². The van der Waals surface area contributed by atoms with Crippen LogP contribution in [0.25, 0.3) is 0 Å². The fraction of sp³-hybridized carbons (Fsp3) is 0.625. The van der Waals surface area contributed by atoms with Crippen LogP contribution in [0.15, 0.2) is 18.3 Å². The number of hydrogen-bond acceptors (Lipinski definition) is 4. The minimum absolute atomic E-state index is 0.388. The monoisotopic (exact) mass is 291 g/mol. The van der Waals surface area contributed by atoms with Crippen LogP contribution in [0.2, 0.25) is 0 Å². The molecule has 1 fully saturated rings. The van der Waals surface area contributed by atoms with E-state index in [9.17, 15) is 4.79 Å². The minimum Gasteiger partial charge on any atom is -0.443 e. The number of anilines is 1. The van der Waals surface area contributed by atoms with E-state index in [-0.39, 0.29) is 6.09 Å². The van der Waals surface area contributed by atoms with Crippen LogP contribution in [0.5, 0.6) is 0 Å². The Bertz CT molecular complexity index is 493. The van der Waals surface area contributed by atoms with Crippen LogP contribution in [-0.4, -0.2) is 42.2 Å². The van der Waals surface area contributed by atoms with Gasteiger partial charge in [-0.2, -0.15) is 0 Å². The van der Waals surface area contributed by atoms with E-state index < -0.39 is 5.60 Å². The van der Waals surface area contributed by atoms with E-state index in [4.69, 9.17) is 4.74 Å². The summed E-state index contributed by atoms with van der Waals surface area (Å²) in [7, 11) is 3.82. The van der Waals surface area contributed by atoms with Crippen LogP contribution in [0.1, 0.15) is 45.2 Å². The smallest absolute Gasteiger partial charge is 0.415 e. The van der Waals surface area contributed by atoms with Gasteiger partial charge in [-0.15, -0.1) is 0 Å². The van der Waals surface area contributed by atoms with Crippen LogP contribution in [0, 0.1) is 0 Å². The number of carbonyl (C=O) groups excluding carboxylic acids is 1.